The summed E-state index contributed by atoms with van der Waals surface area (Å²) < 4.78 is 5.66. The number of nitrogens with one attached hydrogen (secondary N) is 1. The van der Waals surface area contributed by atoms with Crippen LogP contribution in [0.1, 0.15) is 0 Å². The van der Waals surface area contributed by atoms with Crippen LogP contribution in [0.2, 0.25) is 0 Å². The number of aromatic amines is 1. The molecule has 2 aromatic rings. The van der Waals surface area contributed by atoms with Crippen LogP contribution in [0.3, 0.4) is 0 Å². The van der Waals surface area contributed by atoms with Crippen molar-refractivity contribution >= 4 is 39.5 Å². The molecule has 2 rings (SSSR count). The van der Waals surface area contributed by atoms with Gasteiger partial charge in [0.2, 0.25) is 0 Å². The standard InChI is InChI=1S/C6H8BN3O2S/c1-12-7(11)4-2-3-5(9-4)10-6(8)13-3/h2,9,11H,1H3,(H2,8,10). The smallest absolute Gasteiger partial charge is 0.422 e. The van der Waals surface area contributed by atoms with Gasteiger partial charge in [-0.15, -0.1) is 0 Å². The van der Waals surface area contributed by atoms with E-state index >= 15 is 0 Å². The van der Waals surface area contributed by atoms with Gasteiger partial charge in [0.1, 0.15) is 0 Å². The van der Waals surface area contributed by atoms with E-state index in [2.05, 4.69) is 9.97 Å². The molecule has 68 valence electrons. The number of hydrogen-bond donors (Lipinski definition) is 3. The van der Waals surface area contributed by atoms with E-state index in [0.717, 1.165) is 4.70 Å². The molecular weight excluding hydrogens is 189 g/mol. The molecule has 0 spiro atoms. The summed E-state index contributed by atoms with van der Waals surface area (Å²) in [5.74, 6) is 0. The molecule has 0 aliphatic carbocycles. The van der Waals surface area contributed by atoms with E-state index in [1.807, 2.05) is 0 Å². The zero-order valence-corrected chi connectivity index (χ0v) is 7.76. The fraction of sp³-hybridized carbons (Fsp3) is 0.167. The third-order valence-corrected chi connectivity index (χ3v) is 2.54. The van der Waals surface area contributed by atoms with Crippen LogP contribution in [0.15, 0.2) is 6.07 Å². The fourth-order valence-corrected chi connectivity index (χ4v) is 1.85. The van der Waals surface area contributed by atoms with Gasteiger partial charge in [-0.2, -0.15) is 0 Å². The maximum atomic E-state index is 9.31. The van der Waals surface area contributed by atoms with Gasteiger partial charge in [0.05, 0.1) is 4.70 Å². The van der Waals surface area contributed by atoms with Crippen molar-refractivity contribution in [3.63, 3.8) is 0 Å². The Bertz CT molecular complexity index is 395. The number of thiazole rings is 1. The summed E-state index contributed by atoms with van der Waals surface area (Å²) in [4.78, 5) is 6.94. The molecule has 0 amide bonds. The summed E-state index contributed by atoms with van der Waals surface area (Å²) >= 11 is 1.37. The van der Waals surface area contributed by atoms with E-state index in [4.69, 9.17) is 10.4 Å². The number of anilines is 1. The van der Waals surface area contributed by atoms with Crippen LogP contribution < -0.4 is 11.3 Å². The molecule has 2 heterocycles. The summed E-state index contributed by atoms with van der Waals surface area (Å²) in [6.45, 7) is 0. The Morgan fingerprint density at radius 2 is 2.54 bits per heavy atom. The van der Waals surface area contributed by atoms with Crippen molar-refractivity contribution in [1.82, 2.24) is 9.97 Å². The average molecular weight is 197 g/mol. The molecule has 0 aromatic carbocycles. The monoisotopic (exact) mass is 197 g/mol. The van der Waals surface area contributed by atoms with Crippen molar-refractivity contribution in [2.24, 2.45) is 0 Å². The summed E-state index contributed by atoms with van der Waals surface area (Å²) in [5, 5.41) is 9.82. The highest BCUT2D eigenvalue weighted by molar-refractivity contribution is 7.22. The molecule has 5 nitrogen and oxygen atoms in total. The summed E-state index contributed by atoms with van der Waals surface area (Å²) in [7, 11) is 0.504. The SMILES string of the molecule is COB(O)c1cc2sc(N)nc2[nH]1. The Hall–Kier alpha value is -1.05. The van der Waals surface area contributed by atoms with Gasteiger partial charge in [0, 0.05) is 12.7 Å². The first-order valence-electron chi connectivity index (χ1n) is 3.66. The minimum atomic E-state index is -0.928. The zero-order valence-electron chi connectivity index (χ0n) is 6.94. The Morgan fingerprint density at radius 3 is 3.15 bits per heavy atom. The molecule has 0 aliphatic heterocycles. The topological polar surface area (TPSA) is 84.2 Å². The van der Waals surface area contributed by atoms with Gasteiger partial charge in [-0.25, -0.2) is 4.98 Å². The van der Waals surface area contributed by atoms with E-state index < -0.39 is 7.12 Å². The van der Waals surface area contributed by atoms with Gasteiger partial charge in [-0.3, -0.25) is 0 Å². The second-order valence-electron chi connectivity index (χ2n) is 2.58. The van der Waals surface area contributed by atoms with Gasteiger partial charge < -0.3 is 20.4 Å². The fourth-order valence-electron chi connectivity index (χ4n) is 1.11. The van der Waals surface area contributed by atoms with Crippen LogP contribution in [-0.2, 0) is 4.65 Å². The lowest BCUT2D eigenvalue weighted by molar-refractivity contribution is 0.341. The molecule has 0 saturated carbocycles. The van der Waals surface area contributed by atoms with E-state index in [9.17, 15) is 5.02 Å². The molecular formula is C6H8BN3O2S. The summed E-state index contributed by atoms with van der Waals surface area (Å²) in [6.07, 6.45) is 0. The quantitative estimate of drug-likeness (QED) is 0.568. The molecule has 2 aromatic heterocycles. The first kappa shape index (κ1) is 8.55. The van der Waals surface area contributed by atoms with Crippen LogP contribution in [0, 0.1) is 0 Å². The molecule has 0 atom stereocenters. The number of hydrogen-bond acceptors (Lipinski definition) is 5. The van der Waals surface area contributed by atoms with Crippen LogP contribution in [-0.4, -0.2) is 29.2 Å². The van der Waals surface area contributed by atoms with Crippen LogP contribution >= 0.6 is 11.3 Å². The maximum Gasteiger partial charge on any atom is 0.508 e. The molecule has 0 radical (unpaired) electrons. The Balaban J connectivity index is 2.45. The minimum Gasteiger partial charge on any atom is -0.422 e. The summed E-state index contributed by atoms with van der Waals surface area (Å²) in [6, 6.07) is 1.78. The largest absolute Gasteiger partial charge is 0.508 e. The van der Waals surface area contributed by atoms with Crippen LogP contribution in [0.4, 0.5) is 5.13 Å². The molecule has 4 N–H and O–H groups in total. The highest BCUT2D eigenvalue weighted by Gasteiger charge is 2.18. The maximum absolute atomic E-state index is 9.31. The molecule has 7 heteroatoms. The summed E-state index contributed by atoms with van der Waals surface area (Å²) in [5.41, 5.74) is 6.77. The minimum absolute atomic E-state index is 0.514. The predicted molar refractivity (Wildman–Crippen MR) is 53.0 cm³/mol. The molecule has 13 heavy (non-hydrogen) atoms. The van der Waals surface area contributed by atoms with Crippen LogP contribution in [0.25, 0.3) is 10.3 Å². The Morgan fingerprint density at radius 1 is 1.77 bits per heavy atom. The first-order chi connectivity index (χ1) is 6.20. The van der Waals surface area contributed by atoms with Crippen molar-refractivity contribution in [3.05, 3.63) is 6.07 Å². The Labute approximate surface area is 78.7 Å². The number of rotatable bonds is 2. The van der Waals surface area contributed by atoms with Gasteiger partial charge in [-0.05, 0) is 6.07 Å². The molecule has 0 bridgehead atoms. The van der Waals surface area contributed by atoms with Crippen LogP contribution in [0.5, 0.6) is 0 Å². The van der Waals surface area contributed by atoms with Crippen molar-refractivity contribution in [3.8, 4) is 0 Å². The van der Waals surface area contributed by atoms with Crippen molar-refractivity contribution in [2.75, 3.05) is 12.8 Å². The molecule has 0 unspecified atom stereocenters. The highest BCUT2D eigenvalue weighted by atomic mass is 32.1. The van der Waals surface area contributed by atoms with E-state index in [1.165, 1.54) is 18.4 Å². The van der Waals surface area contributed by atoms with Gasteiger partial charge in [0.25, 0.3) is 0 Å². The number of nitrogens with two attached hydrogens (primary N) is 1. The number of nitrogen functional groups attached to an aromatic ring is 1. The number of aromatic nitrogens is 2. The lowest BCUT2D eigenvalue weighted by Crippen LogP contribution is -2.33. The first-order valence-corrected chi connectivity index (χ1v) is 4.48. The molecule has 0 saturated heterocycles. The van der Waals surface area contributed by atoms with Crippen molar-refractivity contribution in [2.45, 2.75) is 0 Å². The van der Waals surface area contributed by atoms with Gasteiger partial charge in [-0.1, -0.05) is 11.3 Å². The van der Waals surface area contributed by atoms with Gasteiger partial charge in [0.15, 0.2) is 10.8 Å². The van der Waals surface area contributed by atoms with Gasteiger partial charge >= 0.3 is 7.12 Å². The lowest BCUT2D eigenvalue weighted by Gasteiger charge is -1.97. The van der Waals surface area contributed by atoms with Crippen molar-refractivity contribution < 1.29 is 9.68 Å². The van der Waals surface area contributed by atoms with E-state index in [-0.39, 0.29) is 0 Å². The second-order valence-corrected chi connectivity index (χ2v) is 3.64. The lowest BCUT2D eigenvalue weighted by atomic mass is 9.86. The molecule has 0 aliphatic rings. The van der Waals surface area contributed by atoms with Crippen molar-refractivity contribution in [1.29, 1.82) is 0 Å². The highest BCUT2D eigenvalue weighted by Crippen LogP contribution is 2.21. The third-order valence-electron chi connectivity index (χ3n) is 1.71. The third kappa shape index (κ3) is 1.41. The number of fused-ring (bicyclic) bond motifs is 1. The van der Waals surface area contributed by atoms with E-state index in [1.54, 1.807) is 6.07 Å². The predicted octanol–water partition coefficient (Wildman–Crippen LogP) is -0.460. The molecule has 0 fully saturated rings. The second kappa shape index (κ2) is 3.02. The zero-order chi connectivity index (χ0) is 9.42. The normalized spacial score (nSPS) is 10.9. The number of H-pyrrole nitrogens is 1. The Kier molecular flexibility index (Phi) is 1.99. The van der Waals surface area contributed by atoms with E-state index in [0.29, 0.717) is 16.4 Å². The average Bonchev–Trinajstić information content (AvgIpc) is 2.59. The number of nitrogens with zero attached hydrogens (tertiary/aromatic N) is 1.